The Bertz CT molecular complexity index is 1050. The first kappa shape index (κ1) is 20.3. The Morgan fingerprint density at radius 1 is 1.13 bits per heavy atom. The molecule has 0 unspecified atom stereocenters. The summed E-state index contributed by atoms with van der Waals surface area (Å²) in [5.74, 6) is -0.754. The molecule has 0 bridgehead atoms. The summed E-state index contributed by atoms with van der Waals surface area (Å²) in [7, 11) is 1.63. The third kappa shape index (κ3) is 4.00. The molecule has 0 spiro atoms. The average Bonchev–Trinajstić information content (AvgIpc) is 3.44. The second-order valence-electron chi connectivity index (χ2n) is 7.70. The number of halogens is 1. The normalized spacial score (nSPS) is 18.4. The molecular weight excluding hydrogens is 399 g/mol. The Labute approximate surface area is 179 Å². The summed E-state index contributed by atoms with van der Waals surface area (Å²) in [5, 5.41) is 4.82. The van der Waals surface area contributed by atoms with Crippen LogP contribution in [0.2, 0.25) is 0 Å². The molecule has 2 aromatic carbocycles. The van der Waals surface area contributed by atoms with Gasteiger partial charge in [-0.1, -0.05) is 36.4 Å². The fourth-order valence-corrected chi connectivity index (χ4v) is 4.88. The summed E-state index contributed by atoms with van der Waals surface area (Å²) in [5.41, 5.74) is 1.82. The lowest BCUT2D eigenvalue weighted by Crippen LogP contribution is -2.44. The van der Waals surface area contributed by atoms with E-state index in [0.29, 0.717) is 31.5 Å². The Morgan fingerprint density at radius 2 is 1.93 bits per heavy atom. The van der Waals surface area contributed by atoms with Crippen LogP contribution < -0.4 is 5.32 Å². The monoisotopic (exact) mass is 422 g/mol. The summed E-state index contributed by atoms with van der Waals surface area (Å²) in [6.07, 6.45) is 1.12. The Hall–Kier alpha value is -2.99. The molecule has 154 valence electrons. The minimum Gasteiger partial charge on any atom is -0.359 e. The maximum absolute atomic E-state index is 13.5. The van der Waals surface area contributed by atoms with E-state index in [4.69, 9.17) is 0 Å². The van der Waals surface area contributed by atoms with Crippen molar-refractivity contribution in [3.63, 3.8) is 0 Å². The van der Waals surface area contributed by atoms with E-state index in [-0.39, 0.29) is 11.8 Å². The zero-order valence-electron chi connectivity index (χ0n) is 16.7. The summed E-state index contributed by atoms with van der Waals surface area (Å²) in [4.78, 5) is 28.6. The molecule has 4 nitrogen and oxygen atoms in total. The van der Waals surface area contributed by atoms with Crippen LogP contribution in [0, 0.1) is 11.2 Å². The summed E-state index contributed by atoms with van der Waals surface area (Å²) >= 11 is 1.69. The molecule has 0 saturated carbocycles. The van der Waals surface area contributed by atoms with Gasteiger partial charge in [0, 0.05) is 30.6 Å². The van der Waals surface area contributed by atoms with Gasteiger partial charge in [-0.3, -0.25) is 9.59 Å². The van der Waals surface area contributed by atoms with Crippen LogP contribution in [0.25, 0.3) is 10.4 Å². The lowest BCUT2D eigenvalue weighted by molar-refractivity contribution is -0.129. The molecule has 0 radical (unpaired) electrons. The summed E-state index contributed by atoms with van der Waals surface area (Å²) in [6.45, 7) is 0.782. The van der Waals surface area contributed by atoms with Crippen molar-refractivity contribution in [3.05, 3.63) is 83.0 Å². The highest BCUT2D eigenvalue weighted by molar-refractivity contribution is 7.13. The van der Waals surface area contributed by atoms with Gasteiger partial charge in [-0.05, 0) is 53.6 Å². The second-order valence-corrected chi connectivity index (χ2v) is 8.65. The van der Waals surface area contributed by atoms with E-state index < -0.39 is 11.2 Å². The van der Waals surface area contributed by atoms with Gasteiger partial charge < -0.3 is 10.2 Å². The van der Waals surface area contributed by atoms with Crippen molar-refractivity contribution in [2.75, 3.05) is 20.1 Å². The Kier molecular flexibility index (Phi) is 5.68. The first-order valence-electron chi connectivity index (χ1n) is 9.91. The SMILES string of the molecule is CNC(=O)[C@@]1(Cc2ccc(-c3cccs3)cc2)CCN(C(=O)c2cccc(F)c2)C1. The number of carbonyl (C=O) groups is 2. The number of hydrogen-bond donors (Lipinski definition) is 1. The molecule has 6 heteroatoms. The molecule has 2 heterocycles. The topological polar surface area (TPSA) is 49.4 Å². The molecule has 1 aromatic heterocycles. The standard InChI is InChI=1S/C24H23FN2O2S/c1-26-23(29)24(15-17-7-9-18(10-8-17)21-6-3-13-30-21)11-12-27(16-24)22(28)19-4-2-5-20(25)14-19/h2-10,13-14H,11-12,15-16H2,1H3,(H,26,29)/t24-/m1/s1. The molecule has 1 atom stereocenters. The third-order valence-corrected chi connectivity index (χ3v) is 6.64. The van der Waals surface area contributed by atoms with Crippen molar-refractivity contribution < 1.29 is 14.0 Å². The first-order valence-corrected chi connectivity index (χ1v) is 10.8. The van der Waals surface area contributed by atoms with Gasteiger partial charge in [0.15, 0.2) is 0 Å². The molecule has 3 aromatic rings. The summed E-state index contributed by atoms with van der Waals surface area (Å²) < 4.78 is 13.5. The predicted octanol–water partition coefficient (Wildman–Crippen LogP) is 4.38. The van der Waals surface area contributed by atoms with Gasteiger partial charge in [0.05, 0.1) is 5.41 Å². The quantitative estimate of drug-likeness (QED) is 0.664. The Morgan fingerprint density at radius 3 is 2.60 bits per heavy atom. The highest BCUT2D eigenvalue weighted by atomic mass is 32.1. The fraction of sp³-hybridized carbons (Fsp3) is 0.250. The van der Waals surface area contributed by atoms with E-state index >= 15 is 0 Å². The number of nitrogens with one attached hydrogen (secondary N) is 1. The van der Waals surface area contributed by atoms with Crippen LogP contribution in [0.1, 0.15) is 22.3 Å². The minimum absolute atomic E-state index is 0.0700. The van der Waals surface area contributed by atoms with Crippen LogP contribution in [0.3, 0.4) is 0 Å². The Balaban J connectivity index is 1.54. The van der Waals surface area contributed by atoms with Crippen LogP contribution >= 0.6 is 11.3 Å². The molecule has 30 heavy (non-hydrogen) atoms. The molecular formula is C24H23FN2O2S. The van der Waals surface area contributed by atoms with Crippen molar-refractivity contribution in [1.29, 1.82) is 0 Å². The van der Waals surface area contributed by atoms with E-state index in [1.54, 1.807) is 29.4 Å². The number of benzene rings is 2. The second kappa shape index (κ2) is 8.40. The lowest BCUT2D eigenvalue weighted by atomic mass is 9.79. The van der Waals surface area contributed by atoms with Crippen molar-refractivity contribution in [2.45, 2.75) is 12.8 Å². The van der Waals surface area contributed by atoms with Gasteiger partial charge in [0.1, 0.15) is 5.82 Å². The number of carbonyl (C=O) groups excluding carboxylic acids is 2. The minimum atomic E-state index is -0.692. The highest BCUT2D eigenvalue weighted by Crippen LogP contribution is 2.36. The van der Waals surface area contributed by atoms with E-state index in [2.05, 4.69) is 35.6 Å². The molecule has 1 aliphatic heterocycles. The number of nitrogens with zero attached hydrogens (tertiary/aromatic N) is 1. The molecule has 1 saturated heterocycles. The van der Waals surface area contributed by atoms with E-state index in [0.717, 1.165) is 11.1 Å². The molecule has 0 aliphatic carbocycles. The van der Waals surface area contributed by atoms with E-state index in [1.165, 1.54) is 23.1 Å². The first-order chi connectivity index (χ1) is 14.5. The van der Waals surface area contributed by atoms with Crippen molar-refractivity contribution in [1.82, 2.24) is 10.2 Å². The summed E-state index contributed by atoms with van der Waals surface area (Å²) in [6, 6.07) is 18.0. The smallest absolute Gasteiger partial charge is 0.253 e. The fourth-order valence-electron chi connectivity index (χ4n) is 4.15. The molecule has 2 amide bonds. The maximum Gasteiger partial charge on any atom is 0.253 e. The third-order valence-electron chi connectivity index (χ3n) is 5.72. The van der Waals surface area contributed by atoms with Gasteiger partial charge in [-0.2, -0.15) is 0 Å². The number of rotatable bonds is 5. The van der Waals surface area contributed by atoms with Crippen LogP contribution in [0.5, 0.6) is 0 Å². The molecule has 4 rings (SSSR count). The number of thiophene rings is 1. The highest BCUT2D eigenvalue weighted by Gasteiger charge is 2.45. The number of likely N-dealkylation sites (tertiary alicyclic amines) is 1. The number of hydrogen-bond acceptors (Lipinski definition) is 3. The van der Waals surface area contributed by atoms with Crippen molar-refractivity contribution >= 4 is 23.2 Å². The van der Waals surface area contributed by atoms with Gasteiger partial charge in [0.25, 0.3) is 5.91 Å². The van der Waals surface area contributed by atoms with Gasteiger partial charge in [-0.15, -0.1) is 11.3 Å². The van der Waals surface area contributed by atoms with Crippen LogP contribution in [0.15, 0.2) is 66.0 Å². The molecule has 1 N–H and O–H groups in total. The van der Waals surface area contributed by atoms with E-state index in [9.17, 15) is 14.0 Å². The van der Waals surface area contributed by atoms with Crippen LogP contribution in [0.4, 0.5) is 4.39 Å². The van der Waals surface area contributed by atoms with Crippen molar-refractivity contribution in [2.24, 2.45) is 5.41 Å². The van der Waals surface area contributed by atoms with E-state index in [1.807, 2.05) is 11.4 Å². The predicted molar refractivity (Wildman–Crippen MR) is 117 cm³/mol. The van der Waals surface area contributed by atoms with Crippen LogP contribution in [-0.2, 0) is 11.2 Å². The molecule has 1 aliphatic rings. The maximum atomic E-state index is 13.5. The number of amides is 2. The van der Waals surface area contributed by atoms with Crippen molar-refractivity contribution in [3.8, 4) is 10.4 Å². The zero-order chi connectivity index (χ0) is 21.1. The van der Waals surface area contributed by atoms with Crippen LogP contribution in [-0.4, -0.2) is 36.9 Å². The van der Waals surface area contributed by atoms with Gasteiger partial charge >= 0.3 is 0 Å². The zero-order valence-corrected chi connectivity index (χ0v) is 17.5. The average molecular weight is 423 g/mol. The molecule has 1 fully saturated rings. The van der Waals surface area contributed by atoms with Gasteiger partial charge in [-0.25, -0.2) is 4.39 Å². The van der Waals surface area contributed by atoms with Gasteiger partial charge in [0.2, 0.25) is 5.91 Å². The lowest BCUT2D eigenvalue weighted by Gasteiger charge is -2.28. The largest absolute Gasteiger partial charge is 0.359 e.